The smallest absolute Gasteiger partial charge is 0.348 e. The van der Waals surface area contributed by atoms with Crippen molar-refractivity contribution in [1.82, 2.24) is 9.13 Å². The molecule has 2 heterocycles. The lowest BCUT2D eigenvalue weighted by Crippen LogP contribution is -2.53. The normalized spacial score (nSPS) is 10.7. The van der Waals surface area contributed by atoms with Crippen LogP contribution in [0.15, 0.2) is 58.1 Å². The molecule has 248 valence electrons. The van der Waals surface area contributed by atoms with Crippen LogP contribution in [-0.2, 0) is 33.0 Å². The predicted octanol–water partition coefficient (Wildman–Crippen LogP) is 6.27. The molecule has 46 heavy (non-hydrogen) atoms. The van der Waals surface area contributed by atoms with Crippen molar-refractivity contribution in [2.75, 3.05) is 13.7 Å². The minimum absolute atomic E-state index is 0.0268. The number of rotatable bonds is 10. The van der Waals surface area contributed by atoms with Crippen molar-refractivity contribution in [1.29, 1.82) is 0 Å². The van der Waals surface area contributed by atoms with Crippen molar-refractivity contribution in [3.8, 4) is 5.75 Å². The van der Waals surface area contributed by atoms with Crippen LogP contribution in [0.4, 0.5) is 4.39 Å². The van der Waals surface area contributed by atoms with Gasteiger partial charge in [0, 0.05) is 0 Å². The SMILES string of the molecule is CC.CC.CCOC(=O)c1sc2c(c1C)c(=O)n(C(C)(C)C(=O)OCc1ccccc1)c(=O)n2CC(=O)c1cc(F)ccc1OC. The number of carbonyl (C=O) groups excluding carboxylic acids is 3. The van der Waals surface area contributed by atoms with Gasteiger partial charge in [0.05, 0.1) is 31.2 Å². The summed E-state index contributed by atoms with van der Waals surface area (Å²) < 4.78 is 31.6. The molecule has 0 aliphatic carbocycles. The summed E-state index contributed by atoms with van der Waals surface area (Å²) in [7, 11) is 1.31. The van der Waals surface area contributed by atoms with Gasteiger partial charge in [-0.2, -0.15) is 0 Å². The highest BCUT2D eigenvalue weighted by atomic mass is 32.1. The molecule has 0 amide bonds. The summed E-state index contributed by atoms with van der Waals surface area (Å²) in [6.07, 6.45) is 0. The molecule has 0 radical (unpaired) electrons. The van der Waals surface area contributed by atoms with Crippen LogP contribution in [0.25, 0.3) is 10.2 Å². The second kappa shape index (κ2) is 16.6. The molecule has 0 aliphatic rings. The largest absolute Gasteiger partial charge is 0.496 e. The molecule has 2 aromatic heterocycles. The van der Waals surface area contributed by atoms with Crippen LogP contribution < -0.4 is 16.0 Å². The Bertz CT molecular complexity index is 1810. The second-order valence-electron chi connectivity index (χ2n) is 9.85. The lowest BCUT2D eigenvalue weighted by atomic mass is 10.0. The number of fused-ring (bicyclic) bond motifs is 1. The van der Waals surface area contributed by atoms with Crippen LogP contribution in [0.2, 0.25) is 0 Å². The van der Waals surface area contributed by atoms with Crippen molar-refractivity contribution >= 4 is 39.3 Å². The minimum Gasteiger partial charge on any atom is -0.496 e. The number of ether oxygens (including phenoxy) is 3. The van der Waals surface area contributed by atoms with Crippen LogP contribution >= 0.6 is 11.3 Å². The molecule has 0 unspecified atom stereocenters. The molecular weight excluding hydrogens is 615 g/mol. The first kappa shape index (κ1) is 37.6. The summed E-state index contributed by atoms with van der Waals surface area (Å²) in [5.41, 5.74) is -2.86. The molecule has 12 heteroatoms. The third kappa shape index (κ3) is 7.79. The molecule has 0 saturated heterocycles. The molecule has 0 saturated carbocycles. The van der Waals surface area contributed by atoms with Crippen LogP contribution in [0.1, 0.15) is 79.6 Å². The highest BCUT2D eigenvalue weighted by Gasteiger charge is 2.37. The number of hydrogen-bond donors (Lipinski definition) is 0. The number of hydrogen-bond acceptors (Lipinski definition) is 9. The summed E-state index contributed by atoms with van der Waals surface area (Å²) in [5, 5.41) is -0.0365. The van der Waals surface area contributed by atoms with E-state index in [2.05, 4.69) is 0 Å². The van der Waals surface area contributed by atoms with E-state index in [-0.39, 0.29) is 45.2 Å². The number of ketones is 1. The van der Waals surface area contributed by atoms with Gasteiger partial charge in [0.15, 0.2) is 5.78 Å². The van der Waals surface area contributed by atoms with E-state index in [0.29, 0.717) is 10.1 Å². The average Bonchev–Trinajstić information content (AvgIpc) is 3.41. The third-order valence-electron chi connectivity index (χ3n) is 6.71. The van der Waals surface area contributed by atoms with Gasteiger partial charge in [-0.25, -0.2) is 23.3 Å². The zero-order chi connectivity index (χ0) is 34.8. The number of benzene rings is 2. The van der Waals surface area contributed by atoms with Crippen LogP contribution in [0.5, 0.6) is 5.75 Å². The first-order chi connectivity index (χ1) is 21.9. The van der Waals surface area contributed by atoms with Crippen molar-refractivity contribution in [2.24, 2.45) is 0 Å². The molecule has 0 bridgehead atoms. The van der Waals surface area contributed by atoms with Crippen LogP contribution in [0.3, 0.4) is 0 Å². The van der Waals surface area contributed by atoms with Gasteiger partial charge in [0.1, 0.15) is 33.4 Å². The number of aryl methyl sites for hydroxylation is 1. The molecule has 0 N–H and O–H groups in total. The lowest BCUT2D eigenvalue weighted by molar-refractivity contribution is -0.154. The van der Waals surface area contributed by atoms with E-state index in [1.807, 2.05) is 27.7 Å². The summed E-state index contributed by atoms with van der Waals surface area (Å²) >= 11 is 0.814. The van der Waals surface area contributed by atoms with Gasteiger partial charge in [-0.1, -0.05) is 58.0 Å². The summed E-state index contributed by atoms with van der Waals surface area (Å²) in [4.78, 5) is 67.4. The summed E-state index contributed by atoms with van der Waals surface area (Å²) in [5.74, 6) is -2.89. The topological polar surface area (TPSA) is 123 Å². The first-order valence-corrected chi connectivity index (χ1v) is 15.8. The van der Waals surface area contributed by atoms with E-state index < -0.39 is 46.9 Å². The lowest BCUT2D eigenvalue weighted by Gasteiger charge is -2.25. The van der Waals surface area contributed by atoms with E-state index in [9.17, 15) is 28.4 Å². The predicted molar refractivity (Wildman–Crippen MR) is 177 cm³/mol. The van der Waals surface area contributed by atoms with Gasteiger partial charge in [-0.3, -0.25) is 14.2 Å². The van der Waals surface area contributed by atoms with E-state index >= 15 is 0 Å². The third-order valence-corrected chi connectivity index (χ3v) is 8.00. The molecule has 0 atom stereocenters. The van der Waals surface area contributed by atoms with Crippen molar-refractivity contribution < 1.29 is 33.0 Å². The fourth-order valence-electron chi connectivity index (χ4n) is 4.49. The number of thiophene rings is 1. The van der Waals surface area contributed by atoms with Gasteiger partial charge in [0.2, 0.25) is 0 Å². The second-order valence-corrected chi connectivity index (χ2v) is 10.9. The van der Waals surface area contributed by atoms with E-state index in [0.717, 1.165) is 28.0 Å². The molecule has 0 fully saturated rings. The average molecular weight is 657 g/mol. The van der Waals surface area contributed by atoms with Crippen LogP contribution in [-0.4, -0.2) is 40.6 Å². The van der Waals surface area contributed by atoms with Gasteiger partial charge < -0.3 is 14.2 Å². The minimum atomic E-state index is -1.82. The number of nitrogens with zero attached hydrogens (tertiary/aromatic N) is 2. The molecule has 4 aromatic rings. The van der Waals surface area contributed by atoms with Gasteiger partial charge in [-0.05, 0) is 57.0 Å². The number of aromatic nitrogens is 2. The van der Waals surface area contributed by atoms with Gasteiger partial charge in [0.25, 0.3) is 5.56 Å². The zero-order valence-electron chi connectivity index (χ0n) is 27.7. The van der Waals surface area contributed by atoms with Crippen molar-refractivity contribution in [2.45, 2.75) is 74.1 Å². The Morgan fingerprint density at radius 1 is 0.957 bits per heavy atom. The maximum absolute atomic E-state index is 14.1. The standard InChI is InChI=1S/C30H29FN2O8S.2C2H6/c1-6-40-27(36)24-17(2)23-25(35)33(30(3,4)28(37)41-16-18-10-8-7-9-11-18)29(38)32(26(23)42-24)15-21(34)20-14-19(31)12-13-22(20)39-5;2*1-2/h7-14H,6,15-16H2,1-5H3;2*1-2H3. The molecule has 0 aliphatic heterocycles. The van der Waals surface area contributed by atoms with Crippen molar-refractivity contribution in [3.63, 3.8) is 0 Å². The van der Waals surface area contributed by atoms with E-state index in [1.165, 1.54) is 33.9 Å². The van der Waals surface area contributed by atoms with E-state index in [4.69, 9.17) is 14.2 Å². The number of halogens is 1. The fourth-order valence-corrected chi connectivity index (χ4v) is 5.67. The van der Waals surface area contributed by atoms with Crippen molar-refractivity contribution in [3.05, 3.63) is 96.8 Å². The number of Topliss-reactive ketones (excluding diaryl/α,β-unsaturated/α-hetero) is 1. The van der Waals surface area contributed by atoms with Gasteiger partial charge >= 0.3 is 17.6 Å². The van der Waals surface area contributed by atoms with E-state index in [1.54, 1.807) is 37.3 Å². The highest BCUT2D eigenvalue weighted by molar-refractivity contribution is 7.20. The molecule has 4 rings (SSSR count). The Labute approximate surface area is 271 Å². The number of carbonyl (C=O) groups is 3. The van der Waals surface area contributed by atoms with Gasteiger partial charge in [-0.15, -0.1) is 11.3 Å². The monoisotopic (exact) mass is 656 g/mol. The maximum atomic E-state index is 14.1. The Balaban J connectivity index is 0.00000177. The molecule has 2 aromatic carbocycles. The number of methoxy groups -OCH3 is 1. The Hall–Kier alpha value is -4.58. The Morgan fingerprint density at radius 3 is 2.17 bits per heavy atom. The fraction of sp³-hybridized carbons (Fsp3) is 0.382. The Kier molecular flexibility index (Phi) is 13.6. The molecule has 0 spiro atoms. The zero-order valence-corrected chi connectivity index (χ0v) is 28.5. The quantitative estimate of drug-likeness (QED) is 0.145. The molecular formula is C34H41FN2O8S. The maximum Gasteiger partial charge on any atom is 0.348 e. The highest BCUT2D eigenvalue weighted by Crippen LogP contribution is 2.30. The molecule has 10 nitrogen and oxygen atoms in total. The van der Waals surface area contributed by atoms with Crippen LogP contribution in [0, 0.1) is 12.7 Å². The first-order valence-electron chi connectivity index (χ1n) is 15.0. The summed E-state index contributed by atoms with van der Waals surface area (Å²) in [6.45, 7) is 13.2. The summed E-state index contributed by atoms with van der Waals surface area (Å²) in [6, 6.07) is 12.2. The Morgan fingerprint density at radius 2 is 1.59 bits per heavy atom. The number of esters is 2.